The number of nitrogens with one attached hydrogen (secondary N) is 1. The van der Waals surface area contributed by atoms with E-state index in [-0.39, 0.29) is 17.9 Å². The van der Waals surface area contributed by atoms with Gasteiger partial charge < -0.3 is 9.64 Å². The number of piperidine rings is 3. The van der Waals surface area contributed by atoms with Gasteiger partial charge in [0.05, 0.1) is 13.2 Å². The summed E-state index contributed by atoms with van der Waals surface area (Å²) < 4.78 is 5.31. The van der Waals surface area contributed by atoms with Gasteiger partial charge in [0, 0.05) is 31.3 Å². The summed E-state index contributed by atoms with van der Waals surface area (Å²) in [5.74, 6) is 1.58. The zero-order chi connectivity index (χ0) is 19.3. The molecule has 0 aromatic heterocycles. The molecule has 5 aliphatic heterocycles. The smallest absolute Gasteiger partial charge is 0.270 e. The van der Waals surface area contributed by atoms with Crippen LogP contribution in [0.3, 0.4) is 0 Å². The SMILES string of the molecule is COc1ccc([C@@H]2CN(C(=O)C3=NNC(=O)CC3)[C@@H]3C4CCN(CC4)[C@@H]32)cc1. The number of amides is 2. The summed E-state index contributed by atoms with van der Waals surface area (Å²) in [7, 11) is 1.68. The van der Waals surface area contributed by atoms with Crippen LogP contribution in [-0.4, -0.2) is 66.2 Å². The molecule has 1 aromatic rings. The van der Waals surface area contributed by atoms with Crippen molar-refractivity contribution in [3.8, 4) is 5.75 Å². The zero-order valence-electron chi connectivity index (χ0n) is 16.1. The van der Waals surface area contributed by atoms with Crippen molar-refractivity contribution in [3.63, 3.8) is 0 Å². The topological polar surface area (TPSA) is 74.2 Å². The van der Waals surface area contributed by atoms with E-state index in [0.29, 0.717) is 43.0 Å². The number of ether oxygens (including phenoxy) is 1. The average Bonchev–Trinajstić information content (AvgIpc) is 3.17. The van der Waals surface area contributed by atoms with Gasteiger partial charge in [0.25, 0.3) is 5.91 Å². The van der Waals surface area contributed by atoms with Gasteiger partial charge in [-0.25, -0.2) is 5.43 Å². The third kappa shape index (κ3) is 2.80. The lowest BCUT2D eigenvalue weighted by molar-refractivity contribution is -0.129. The van der Waals surface area contributed by atoms with Crippen LogP contribution in [0, 0.1) is 5.92 Å². The fraction of sp³-hybridized carbons (Fsp3) is 0.571. The van der Waals surface area contributed by atoms with E-state index in [4.69, 9.17) is 4.74 Å². The number of carbonyl (C=O) groups excluding carboxylic acids is 2. The third-order valence-electron chi connectivity index (χ3n) is 6.95. The number of fused-ring (bicyclic) bond motifs is 2. The molecule has 7 heteroatoms. The summed E-state index contributed by atoms with van der Waals surface area (Å²) in [6.45, 7) is 2.95. The molecular weight excluding hydrogens is 356 g/mol. The van der Waals surface area contributed by atoms with Crippen LogP contribution in [0.1, 0.15) is 37.2 Å². The van der Waals surface area contributed by atoms with Gasteiger partial charge in [-0.3, -0.25) is 14.5 Å². The Morgan fingerprint density at radius 2 is 1.89 bits per heavy atom. The molecule has 4 saturated heterocycles. The Hall–Kier alpha value is -2.41. The van der Waals surface area contributed by atoms with Crippen molar-refractivity contribution in [1.82, 2.24) is 15.2 Å². The summed E-state index contributed by atoms with van der Waals surface area (Å²) in [6.07, 6.45) is 3.08. The summed E-state index contributed by atoms with van der Waals surface area (Å²) >= 11 is 0. The molecule has 6 rings (SSSR count). The molecule has 5 aliphatic rings. The predicted molar refractivity (Wildman–Crippen MR) is 104 cm³/mol. The molecule has 28 heavy (non-hydrogen) atoms. The second-order valence-corrected chi connectivity index (χ2v) is 8.29. The zero-order valence-corrected chi connectivity index (χ0v) is 16.1. The van der Waals surface area contributed by atoms with E-state index in [0.717, 1.165) is 31.7 Å². The first-order valence-electron chi connectivity index (χ1n) is 10.2. The fourth-order valence-corrected chi connectivity index (χ4v) is 5.59. The lowest BCUT2D eigenvalue weighted by atomic mass is 9.75. The maximum atomic E-state index is 13.3. The van der Waals surface area contributed by atoms with Gasteiger partial charge in [0.1, 0.15) is 11.5 Å². The molecule has 5 heterocycles. The normalized spacial score (nSPS) is 33.9. The number of hydrazone groups is 1. The Bertz CT molecular complexity index is 813. The van der Waals surface area contributed by atoms with Crippen LogP contribution in [0.25, 0.3) is 0 Å². The Labute approximate surface area is 164 Å². The molecule has 1 aromatic carbocycles. The lowest BCUT2D eigenvalue weighted by Crippen LogP contribution is -2.61. The minimum Gasteiger partial charge on any atom is -0.497 e. The highest BCUT2D eigenvalue weighted by Crippen LogP contribution is 2.46. The van der Waals surface area contributed by atoms with Crippen LogP contribution in [0.4, 0.5) is 0 Å². The summed E-state index contributed by atoms with van der Waals surface area (Å²) in [4.78, 5) is 29.4. The van der Waals surface area contributed by atoms with Crippen molar-refractivity contribution in [2.75, 3.05) is 26.7 Å². The predicted octanol–water partition coefficient (Wildman–Crippen LogP) is 1.35. The highest BCUT2D eigenvalue weighted by atomic mass is 16.5. The van der Waals surface area contributed by atoms with E-state index >= 15 is 0 Å². The Kier molecular flexibility index (Phi) is 4.34. The van der Waals surface area contributed by atoms with Gasteiger partial charge >= 0.3 is 0 Å². The summed E-state index contributed by atoms with van der Waals surface area (Å²) in [5.41, 5.74) is 4.23. The van der Waals surface area contributed by atoms with Crippen LogP contribution in [0.5, 0.6) is 5.75 Å². The number of benzene rings is 1. The van der Waals surface area contributed by atoms with E-state index < -0.39 is 0 Å². The highest BCUT2D eigenvalue weighted by molar-refractivity contribution is 6.39. The fourth-order valence-electron chi connectivity index (χ4n) is 5.59. The monoisotopic (exact) mass is 382 g/mol. The van der Waals surface area contributed by atoms with Crippen LogP contribution in [0.15, 0.2) is 29.4 Å². The first-order chi connectivity index (χ1) is 13.7. The first kappa shape index (κ1) is 17.7. The van der Waals surface area contributed by atoms with E-state index in [1.807, 2.05) is 12.1 Å². The maximum absolute atomic E-state index is 13.3. The maximum Gasteiger partial charge on any atom is 0.270 e. The van der Waals surface area contributed by atoms with Crippen molar-refractivity contribution in [1.29, 1.82) is 0 Å². The van der Waals surface area contributed by atoms with Crippen LogP contribution < -0.4 is 10.2 Å². The first-order valence-corrected chi connectivity index (χ1v) is 10.2. The second kappa shape index (κ2) is 6.88. The van der Waals surface area contributed by atoms with Crippen LogP contribution in [-0.2, 0) is 9.59 Å². The minimum absolute atomic E-state index is 0.000221. The van der Waals surface area contributed by atoms with E-state index in [1.54, 1.807) is 7.11 Å². The van der Waals surface area contributed by atoms with Crippen molar-refractivity contribution in [2.24, 2.45) is 11.0 Å². The Balaban J connectivity index is 1.46. The summed E-state index contributed by atoms with van der Waals surface area (Å²) in [6, 6.07) is 8.89. The number of methoxy groups -OCH3 is 1. The number of likely N-dealkylation sites (tertiary alicyclic amines) is 1. The van der Waals surface area contributed by atoms with E-state index in [1.165, 1.54) is 5.56 Å². The standard InChI is InChI=1S/C21H26N4O3/c1-28-15-4-2-13(3-5-15)16-12-25(21(27)17-6-7-18(26)23-22-17)19-14-8-10-24(11-9-14)20(16)19/h2-5,14,16,19-20H,6-12H2,1H3,(H,23,26)/t16-,19+,20+/m0/s1. The molecule has 0 aliphatic carbocycles. The van der Waals surface area contributed by atoms with Crippen LogP contribution in [0.2, 0.25) is 0 Å². The Morgan fingerprint density at radius 1 is 1.14 bits per heavy atom. The molecule has 7 nitrogen and oxygen atoms in total. The number of hydrogen-bond donors (Lipinski definition) is 1. The number of nitrogens with zero attached hydrogens (tertiary/aromatic N) is 3. The molecule has 148 valence electrons. The number of hydrogen-bond acceptors (Lipinski definition) is 5. The van der Waals surface area contributed by atoms with Crippen molar-refractivity contribution < 1.29 is 14.3 Å². The minimum atomic E-state index is -0.116. The number of rotatable bonds is 3. The lowest BCUT2D eigenvalue weighted by Gasteiger charge is -2.51. The third-order valence-corrected chi connectivity index (χ3v) is 6.95. The molecule has 0 radical (unpaired) electrons. The quantitative estimate of drug-likeness (QED) is 0.856. The molecule has 4 fully saturated rings. The molecule has 2 bridgehead atoms. The van der Waals surface area contributed by atoms with Gasteiger partial charge in [0.15, 0.2) is 0 Å². The molecular formula is C21H26N4O3. The van der Waals surface area contributed by atoms with Gasteiger partial charge in [-0.2, -0.15) is 5.10 Å². The summed E-state index contributed by atoms with van der Waals surface area (Å²) in [5, 5.41) is 4.07. The van der Waals surface area contributed by atoms with Gasteiger partial charge in [0.2, 0.25) is 5.91 Å². The molecule has 0 spiro atoms. The van der Waals surface area contributed by atoms with Gasteiger partial charge in [-0.15, -0.1) is 0 Å². The van der Waals surface area contributed by atoms with E-state index in [9.17, 15) is 9.59 Å². The van der Waals surface area contributed by atoms with Crippen LogP contribution >= 0.6 is 0 Å². The Morgan fingerprint density at radius 3 is 2.54 bits per heavy atom. The molecule has 0 unspecified atom stereocenters. The molecule has 1 N–H and O–H groups in total. The highest BCUT2D eigenvalue weighted by Gasteiger charge is 2.55. The second-order valence-electron chi connectivity index (χ2n) is 8.29. The van der Waals surface area contributed by atoms with Crippen molar-refractivity contribution >= 4 is 17.5 Å². The van der Waals surface area contributed by atoms with Crippen molar-refractivity contribution in [3.05, 3.63) is 29.8 Å². The van der Waals surface area contributed by atoms with Crippen molar-refractivity contribution in [2.45, 2.75) is 43.7 Å². The van der Waals surface area contributed by atoms with Gasteiger partial charge in [-0.05, 0) is 49.5 Å². The molecule has 2 amide bonds. The molecule has 3 atom stereocenters. The number of carbonyl (C=O) groups is 2. The molecule has 0 saturated carbocycles. The van der Waals surface area contributed by atoms with E-state index in [2.05, 4.69) is 32.5 Å². The average molecular weight is 382 g/mol. The van der Waals surface area contributed by atoms with Gasteiger partial charge in [-0.1, -0.05) is 12.1 Å². The largest absolute Gasteiger partial charge is 0.497 e.